The van der Waals surface area contributed by atoms with Gasteiger partial charge in [-0.05, 0) is 56.4 Å². The third kappa shape index (κ3) is 7.71. The van der Waals surface area contributed by atoms with Crippen LogP contribution in [0, 0.1) is 0 Å². The molecule has 2 N–H and O–H groups in total. The maximum atomic E-state index is 12.4. The highest BCUT2D eigenvalue weighted by Gasteiger charge is 2.09. The van der Waals surface area contributed by atoms with E-state index in [0.29, 0.717) is 23.6 Å². The van der Waals surface area contributed by atoms with Gasteiger partial charge < -0.3 is 15.5 Å². The molecule has 3 rings (SSSR count). The quantitative estimate of drug-likeness (QED) is 0.272. The normalized spacial score (nSPS) is 11.3. The van der Waals surface area contributed by atoms with Crippen LogP contribution in [0.1, 0.15) is 26.0 Å². The number of pyridine rings is 1. The zero-order valence-corrected chi connectivity index (χ0v) is 21.0. The minimum atomic E-state index is -0.270. The summed E-state index contributed by atoms with van der Waals surface area (Å²) in [4.78, 5) is 39.6. The Morgan fingerprint density at radius 1 is 1.09 bits per heavy atom. The average molecular weight is 525 g/mol. The molecular weight excluding hydrogens is 496 g/mol. The molecule has 0 aliphatic rings. The first-order valence-electron chi connectivity index (χ1n) is 11.3. The van der Waals surface area contributed by atoms with Crippen molar-refractivity contribution < 1.29 is 9.59 Å². The SMILES string of the molecule is CCN(CC)CCCNC(=O)/C=C/C(=O)Cc1cc2c(Nc3cccc(Br)c3)ncnc2cn1. The summed E-state index contributed by atoms with van der Waals surface area (Å²) in [6.45, 7) is 7.74. The first-order valence-corrected chi connectivity index (χ1v) is 12.1. The standard InChI is InChI=1S/C25H29BrN6O2/c1-3-32(4-2)12-6-11-27-24(34)10-9-21(33)14-20-15-22-23(16-28-20)29-17-30-25(22)31-19-8-5-7-18(26)13-19/h5,7-10,13,15-17H,3-4,6,11-12,14H2,1-2H3,(H,27,34)(H,29,30,31)/b10-9+. The molecule has 0 unspecified atom stereocenters. The molecule has 0 aliphatic heterocycles. The highest BCUT2D eigenvalue weighted by molar-refractivity contribution is 9.10. The second kappa shape index (κ2) is 12.9. The molecule has 2 aromatic heterocycles. The lowest BCUT2D eigenvalue weighted by Crippen LogP contribution is -2.29. The number of hydrogen-bond donors (Lipinski definition) is 2. The smallest absolute Gasteiger partial charge is 0.244 e. The van der Waals surface area contributed by atoms with Crippen LogP contribution in [0.3, 0.4) is 0 Å². The van der Waals surface area contributed by atoms with E-state index in [1.54, 1.807) is 12.3 Å². The Hall–Kier alpha value is -3.17. The largest absolute Gasteiger partial charge is 0.353 e. The molecule has 0 fully saturated rings. The predicted octanol–water partition coefficient (Wildman–Crippen LogP) is 4.05. The Balaban J connectivity index is 1.59. The van der Waals surface area contributed by atoms with Crippen LogP contribution in [0.15, 0.2) is 59.5 Å². The minimum absolute atomic E-state index is 0.0763. The maximum absolute atomic E-state index is 12.4. The van der Waals surface area contributed by atoms with Gasteiger partial charge in [-0.25, -0.2) is 9.97 Å². The van der Waals surface area contributed by atoms with Crippen molar-refractivity contribution in [3.63, 3.8) is 0 Å². The summed E-state index contributed by atoms with van der Waals surface area (Å²) in [7, 11) is 0. The van der Waals surface area contributed by atoms with Crippen LogP contribution in [0.2, 0.25) is 0 Å². The first-order chi connectivity index (χ1) is 16.5. The Kier molecular flexibility index (Phi) is 9.66. The number of carbonyl (C=O) groups excluding carboxylic acids is 2. The van der Waals surface area contributed by atoms with Crippen LogP contribution in [0.5, 0.6) is 0 Å². The van der Waals surface area contributed by atoms with Gasteiger partial charge in [0.1, 0.15) is 12.1 Å². The number of hydrogen-bond acceptors (Lipinski definition) is 7. The number of benzene rings is 1. The van der Waals surface area contributed by atoms with Gasteiger partial charge in [-0.2, -0.15) is 0 Å². The predicted molar refractivity (Wildman–Crippen MR) is 138 cm³/mol. The summed E-state index contributed by atoms with van der Waals surface area (Å²) in [5.41, 5.74) is 2.12. The van der Waals surface area contributed by atoms with Crippen molar-refractivity contribution in [3.8, 4) is 0 Å². The molecule has 3 aromatic rings. The van der Waals surface area contributed by atoms with Crippen LogP contribution in [-0.2, 0) is 16.0 Å². The number of halogens is 1. The van der Waals surface area contributed by atoms with Gasteiger partial charge in [-0.1, -0.05) is 35.8 Å². The Morgan fingerprint density at radius 2 is 1.91 bits per heavy atom. The number of rotatable bonds is 12. The third-order valence-electron chi connectivity index (χ3n) is 5.29. The number of aromatic nitrogens is 3. The lowest BCUT2D eigenvalue weighted by Gasteiger charge is -2.17. The molecule has 34 heavy (non-hydrogen) atoms. The van der Waals surface area contributed by atoms with Gasteiger partial charge in [-0.15, -0.1) is 0 Å². The molecule has 8 nitrogen and oxygen atoms in total. The van der Waals surface area contributed by atoms with E-state index < -0.39 is 0 Å². The van der Waals surface area contributed by atoms with Gasteiger partial charge in [0.2, 0.25) is 5.91 Å². The van der Waals surface area contributed by atoms with Crippen molar-refractivity contribution in [2.24, 2.45) is 0 Å². The summed E-state index contributed by atoms with van der Waals surface area (Å²) >= 11 is 3.46. The summed E-state index contributed by atoms with van der Waals surface area (Å²) in [5, 5.41) is 6.86. The van der Waals surface area contributed by atoms with E-state index in [-0.39, 0.29) is 18.1 Å². The molecule has 0 aliphatic carbocycles. The lowest BCUT2D eigenvalue weighted by atomic mass is 10.1. The molecule has 2 heterocycles. The third-order valence-corrected chi connectivity index (χ3v) is 5.78. The fourth-order valence-electron chi connectivity index (χ4n) is 3.42. The van der Waals surface area contributed by atoms with Crippen LogP contribution in [-0.4, -0.2) is 57.7 Å². The zero-order valence-electron chi connectivity index (χ0n) is 19.4. The molecule has 0 saturated heterocycles. The van der Waals surface area contributed by atoms with E-state index in [4.69, 9.17) is 0 Å². The number of amides is 1. The molecular formula is C25H29BrN6O2. The Morgan fingerprint density at radius 3 is 2.68 bits per heavy atom. The van der Waals surface area contributed by atoms with Gasteiger partial charge >= 0.3 is 0 Å². The van der Waals surface area contributed by atoms with E-state index in [9.17, 15) is 9.59 Å². The summed E-state index contributed by atoms with van der Waals surface area (Å²) < 4.78 is 0.948. The molecule has 178 valence electrons. The topological polar surface area (TPSA) is 100 Å². The van der Waals surface area contributed by atoms with Gasteiger partial charge in [-0.3, -0.25) is 14.6 Å². The van der Waals surface area contributed by atoms with Crippen molar-refractivity contribution in [2.75, 3.05) is 31.5 Å². The Labute approximate surface area is 208 Å². The number of allylic oxidation sites excluding steroid dienone is 1. The summed E-state index contributed by atoms with van der Waals surface area (Å²) in [6.07, 6.45) is 6.62. The number of ketones is 1. The fraction of sp³-hybridized carbons (Fsp3) is 0.320. The number of fused-ring (bicyclic) bond motifs is 1. The first kappa shape index (κ1) is 25.5. The maximum Gasteiger partial charge on any atom is 0.244 e. The van der Waals surface area contributed by atoms with E-state index in [0.717, 1.165) is 41.6 Å². The molecule has 1 amide bonds. The van der Waals surface area contributed by atoms with E-state index in [1.165, 1.54) is 18.5 Å². The highest BCUT2D eigenvalue weighted by atomic mass is 79.9. The average Bonchev–Trinajstić information content (AvgIpc) is 2.83. The number of anilines is 2. The number of nitrogens with zero attached hydrogens (tertiary/aromatic N) is 4. The van der Waals surface area contributed by atoms with Crippen LogP contribution in [0.25, 0.3) is 10.9 Å². The lowest BCUT2D eigenvalue weighted by molar-refractivity contribution is -0.117. The summed E-state index contributed by atoms with van der Waals surface area (Å²) in [6, 6.07) is 9.55. The van der Waals surface area contributed by atoms with Crippen molar-refractivity contribution in [3.05, 3.63) is 65.2 Å². The minimum Gasteiger partial charge on any atom is -0.353 e. The number of carbonyl (C=O) groups is 2. The van der Waals surface area contributed by atoms with Gasteiger partial charge in [0.05, 0.1) is 18.1 Å². The highest BCUT2D eigenvalue weighted by Crippen LogP contribution is 2.25. The van der Waals surface area contributed by atoms with Crippen molar-refractivity contribution in [1.82, 2.24) is 25.2 Å². The summed E-state index contributed by atoms with van der Waals surface area (Å²) in [5.74, 6) is 0.149. The molecule has 0 radical (unpaired) electrons. The second-order valence-corrected chi connectivity index (χ2v) is 8.61. The molecule has 0 bridgehead atoms. The van der Waals surface area contributed by atoms with E-state index in [1.807, 2.05) is 24.3 Å². The number of nitrogens with one attached hydrogen (secondary N) is 2. The van der Waals surface area contributed by atoms with Crippen LogP contribution in [0.4, 0.5) is 11.5 Å². The second-order valence-electron chi connectivity index (χ2n) is 7.70. The van der Waals surface area contributed by atoms with E-state index in [2.05, 4.69) is 60.3 Å². The van der Waals surface area contributed by atoms with Crippen molar-refractivity contribution >= 4 is 50.0 Å². The van der Waals surface area contributed by atoms with Gasteiger partial charge in [0.15, 0.2) is 5.78 Å². The van der Waals surface area contributed by atoms with E-state index >= 15 is 0 Å². The van der Waals surface area contributed by atoms with Crippen LogP contribution >= 0.6 is 15.9 Å². The molecule has 1 aromatic carbocycles. The molecule has 0 saturated carbocycles. The van der Waals surface area contributed by atoms with Crippen molar-refractivity contribution in [2.45, 2.75) is 26.7 Å². The van der Waals surface area contributed by atoms with Gasteiger partial charge in [0, 0.05) is 33.9 Å². The zero-order chi connectivity index (χ0) is 24.3. The molecule has 0 spiro atoms. The van der Waals surface area contributed by atoms with Gasteiger partial charge in [0.25, 0.3) is 0 Å². The van der Waals surface area contributed by atoms with Crippen LogP contribution < -0.4 is 10.6 Å². The monoisotopic (exact) mass is 524 g/mol. The molecule has 9 heteroatoms. The fourth-order valence-corrected chi connectivity index (χ4v) is 3.82. The van der Waals surface area contributed by atoms with Crippen molar-refractivity contribution in [1.29, 1.82) is 0 Å². The Bertz CT molecular complexity index is 1160. The molecule has 0 atom stereocenters.